The SMILES string of the molecule is [C]1=NC(c2ccccn2)CN1. The summed E-state index contributed by atoms with van der Waals surface area (Å²) in [5.41, 5.74) is 1.00. The predicted octanol–water partition coefficient (Wildman–Crippen LogP) is 0.631. The molecule has 1 atom stereocenters. The van der Waals surface area contributed by atoms with Crippen LogP contribution in [0.3, 0.4) is 0 Å². The summed E-state index contributed by atoms with van der Waals surface area (Å²) < 4.78 is 0. The fraction of sp³-hybridized carbons (Fsp3) is 0.250. The van der Waals surface area contributed by atoms with Crippen molar-refractivity contribution in [2.24, 2.45) is 4.99 Å². The lowest BCUT2D eigenvalue weighted by molar-refractivity contribution is 0.726. The third-order valence-electron chi connectivity index (χ3n) is 1.62. The van der Waals surface area contributed by atoms with Crippen molar-refractivity contribution >= 4 is 6.34 Å². The van der Waals surface area contributed by atoms with Crippen molar-refractivity contribution in [3.63, 3.8) is 0 Å². The molecule has 0 spiro atoms. The van der Waals surface area contributed by atoms with Crippen molar-refractivity contribution in [3.05, 3.63) is 30.1 Å². The molecule has 11 heavy (non-hydrogen) atoms. The van der Waals surface area contributed by atoms with Crippen molar-refractivity contribution in [3.8, 4) is 0 Å². The Labute approximate surface area is 65.2 Å². The van der Waals surface area contributed by atoms with Gasteiger partial charge in [-0.05, 0) is 12.1 Å². The van der Waals surface area contributed by atoms with Crippen LogP contribution in [0.2, 0.25) is 0 Å². The summed E-state index contributed by atoms with van der Waals surface area (Å²) in [6.07, 6.45) is 4.49. The van der Waals surface area contributed by atoms with Crippen LogP contribution in [0.15, 0.2) is 29.4 Å². The first-order valence-electron chi connectivity index (χ1n) is 3.55. The Kier molecular flexibility index (Phi) is 1.55. The Hall–Kier alpha value is -1.38. The van der Waals surface area contributed by atoms with Gasteiger partial charge in [-0.25, -0.2) is 0 Å². The molecule has 0 bridgehead atoms. The molecule has 1 N–H and O–H groups in total. The topological polar surface area (TPSA) is 37.3 Å². The van der Waals surface area contributed by atoms with Gasteiger partial charge in [0.15, 0.2) is 6.34 Å². The van der Waals surface area contributed by atoms with Gasteiger partial charge in [0.1, 0.15) is 6.04 Å². The quantitative estimate of drug-likeness (QED) is 0.631. The minimum atomic E-state index is 0.163. The summed E-state index contributed by atoms with van der Waals surface area (Å²) in [6, 6.07) is 6.01. The average molecular weight is 146 g/mol. The van der Waals surface area contributed by atoms with Crippen molar-refractivity contribution in [2.45, 2.75) is 6.04 Å². The maximum Gasteiger partial charge on any atom is 0.164 e. The van der Waals surface area contributed by atoms with E-state index in [1.165, 1.54) is 0 Å². The van der Waals surface area contributed by atoms with Gasteiger partial charge in [0.05, 0.1) is 5.69 Å². The highest BCUT2D eigenvalue weighted by Gasteiger charge is 2.13. The molecule has 3 nitrogen and oxygen atoms in total. The second kappa shape index (κ2) is 2.70. The summed E-state index contributed by atoms with van der Waals surface area (Å²) >= 11 is 0. The Balaban J connectivity index is 2.23. The second-order valence-corrected chi connectivity index (χ2v) is 2.39. The number of hydrogen-bond donors (Lipinski definition) is 1. The van der Waals surface area contributed by atoms with Crippen LogP contribution in [0.4, 0.5) is 0 Å². The molecule has 0 saturated heterocycles. The molecular weight excluding hydrogens is 138 g/mol. The monoisotopic (exact) mass is 146 g/mol. The van der Waals surface area contributed by atoms with Gasteiger partial charge in [0.25, 0.3) is 0 Å². The molecule has 1 unspecified atom stereocenters. The number of nitrogens with one attached hydrogen (secondary N) is 1. The van der Waals surface area contributed by atoms with Crippen LogP contribution in [0, 0.1) is 0 Å². The lowest BCUT2D eigenvalue weighted by atomic mass is 10.2. The molecule has 2 heterocycles. The molecule has 1 aromatic heterocycles. The molecule has 1 aromatic rings. The van der Waals surface area contributed by atoms with Crippen LogP contribution >= 0.6 is 0 Å². The lowest BCUT2D eigenvalue weighted by Crippen LogP contribution is -2.10. The van der Waals surface area contributed by atoms with Gasteiger partial charge < -0.3 is 5.32 Å². The number of rotatable bonds is 1. The highest BCUT2D eigenvalue weighted by atomic mass is 15.1. The number of hydrogen-bond acceptors (Lipinski definition) is 3. The number of nitrogens with zero attached hydrogens (tertiary/aromatic N) is 2. The van der Waals surface area contributed by atoms with E-state index >= 15 is 0 Å². The number of pyridine rings is 1. The lowest BCUT2D eigenvalue weighted by Gasteiger charge is -2.02. The number of aromatic nitrogens is 1. The largest absolute Gasteiger partial charge is 0.365 e. The Bertz CT molecular complexity index is 255. The third kappa shape index (κ3) is 1.22. The fourth-order valence-corrected chi connectivity index (χ4v) is 1.06. The summed E-state index contributed by atoms with van der Waals surface area (Å²) in [4.78, 5) is 8.27. The van der Waals surface area contributed by atoms with E-state index in [1.807, 2.05) is 18.2 Å². The molecule has 0 aliphatic carbocycles. The van der Waals surface area contributed by atoms with E-state index in [9.17, 15) is 0 Å². The zero-order valence-corrected chi connectivity index (χ0v) is 5.99. The van der Waals surface area contributed by atoms with Crippen LogP contribution in [-0.2, 0) is 0 Å². The van der Waals surface area contributed by atoms with E-state index in [0.29, 0.717) is 0 Å². The molecule has 0 amide bonds. The molecule has 0 aromatic carbocycles. The maximum atomic E-state index is 4.19. The Morgan fingerprint density at radius 2 is 2.55 bits per heavy atom. The van der Waals surface area contributed by atoms with Crippen LogP contribution in [-0.4, -0.2) is 17.9 Å². The Morgan fingerprint density at radius 3 is 3.18 bits per heavy atom. The van der Waals surface area contributed by atoms with Gasteiger partial charge in [-0.3, -0.25) is 9.98 Å². The molecule has 2 rings (SSSR count). The van der Waals surface area contributed by atoms with E-state index in [2.05, 4.69) is 21.6 Å². The zero-order valence-electron chi connectivity index (χ0n) is 5.99. The minimum Gasteiger partial charge on any atom is -0.365 e. The summed E-state index contributed by atoms with van der Waals surface area (Å²) in [5, 5.41) is 2.91. The first-order chi connectivity index (χ1) is 5.47. The highest BCUT2D eigenvalue weighted by Crippen LogP contribution is 2.14. The van der Waals surface area contributed by atoms with E-state index in [0.717, 1.165) is 12.2 Å². The molecule has 0 saturated carbocycles. The normalized spacial score (nSPS) is 21.6. The minimum absolute atomic E-state index is 0.163. The predicted molar refractivity (Wildman–Crippen MR) is 42.4 cm³/mol. The van der Waals surface area contributed by atoms with Gasteiger partial charge in [-0.1, -0.05) is 6.07 Å². The van der Waals surface area contributed by atoms with Crippen LogP contribution in [0.1, 0.15) is 11.7 Å². The Morgan fingerprint density at radius 1 is 1.55 bits per heavy atom. The third-order valence-corrected chi connectivity index (χ3v) is 1.62. The number of aliphatic imine (C=N–C) groups is 1. The standard InChI is InChI=1S/C8H8N3/c1-2-4-10-7(3-1)8-5-9-6-11-8/h1-4,8H,5H2,(H,9,11). The van der Waals surface area contributed by atoms with Gasteiger partial charge >= 0.3 is 0 Å². The van der Waals surface area contributed by atoms with Crippen LogP contribution in [0.5, 0.6) is 0 Å². The van der Waals surface area contributed by atoms with Crippen molar-refractivity contribution in [1.29, 1.82) is 0 Å². The first kappa shape index (κ1) is 6.34. The van der Waals surface area contributed by atoms with E-state index in [1.54, 1.807) is 6.20 Å². The van der Waals surface area contributed by atoms with E-state index in [-0.39, 0.29) is 6.04 Å². The molecule has 1 aliphatic heterocycles. The molecule has 3 heteroatoms. The molecule has 1 aliphatic rings. The molecule has 1 radical (unpaired) electrons. The van der Waals surface area contributed by atoms with Crippen LogP contribution in [0.25, 0.3) is 0 Å². The molecular formula is C8H8N3. The smallest absolute Gasteiger partial charge is 0.164 e. The van der Waals surface area contributed by atoms with Gasteiger partial charge in [0, 0.05) is 12.7 Å². The van der Waals surface area contributed by atoms with Gasteiger partial charge in [0.2, 0.25) is 0 Å². The zero-order chi connectivity index (χ0) is 7.52. The summed E-state index contributed by atoms with van der Waals surface area (Å²) in [7, 11) is 0. The van der Waals surface area contributed by atoms with Crippen molar-refractivity contribution in [2.75, 3.05) is 6.54 Å². The second-order valence-electron chi connectivity index (χ2n) is 2.39. The van der Waals surface area contributed by atoms with Crippen molar-refractivity contribution < 1.29 is 0 Å². The average Bonchev–Trinajstić information content (AvgIpc) is 2.58. The first-order valence-corrected chi connectivity index (χ1v) is 3.55. The van der Waals surface area contributed by atoms with E-state index < -0.39 is 0 Å². The molecule has 0 fully saturated rings. The van der Waals surface area contributed by atoms with Gasteiger partial charge in [-0.15, -0.1) is 0 Å². The fourth-order valence-electron chi connectivity index (χ4n) is 1.06. The molecule has 55 valence electrons. The van der Waals surface area contributed by atoms with Gasteiger partial charge in [-0.2, -0.15) is 0 Å². The highest BCUT2D eigenvalue weighted by molar-refractivity contribution is 5.57. The maximum absolute atomic E-state index is 4.19. The summed E-state index contributed by atoms with van der Waals surface area (Å²) in [6.45, 7) is 0.816. The van der Waals surface area contributed by atoms with Crippen molar-refractivity contribution in [1.82, 2.24) is 10.3 Å². The van der Waals surface area contributed by atoms with Crippen LogP contribution < -0.4 is 5.32 Å². The summed E-state index contributed by atoms with van der Waals surface area (Å²) in [5.74, 6) is 0. The van der Waals surface area contributed by atoms with E-state index in [4.69, 9.17) is 0 Å².